The van der Waals surface area contributed by atoms with Crippen LogP contribution in [0.5, 0.6) is 11.5 Å². The van der Waals surface area contributed by atoms with E-state index in [4.69, 9.17) is 18.9 Å². The lowest BCUT2D eigenvalue weighted by atomic mass is 9.84. The molecule has 2 fully saturated rings. The van der Waals surface area contributed by atoms with Crippen LogP contribution in [0.1, 0.15) is 23.3 Å². The van der Waals surface area contributed by atoms with Crippen LogP contribution in [0.25, 0.3) is 0 Å². The average molecular weight is 354 g/mol. The Morgan fingerprint density at radius 1 is 0.654 bits per heavy atom. The third-order valence-electron chi connectivity index (χ3n) is 4.96. The van der Waals surface area contributed by atoms with Gasteiger partial charge in [-0.2, -0.15) is 0 Å². The highest BCUT2D eigenvalue weighted by Crippen LogP contribution is 2.51. The highest BCUT2D eigenvalue weighted by molar-refractivity contribution is 5.89. The fourth-order valence-corrected chi connectivity index (χ4v) is 3.61. The second kappa shape index (κ2) is 6.37. The molecule has 0 N–H and O–H groups in total. The molecule has 2 heterocycles. The predicted octanol–water partition coefficient (Wildman–Crippen LogP) is 2.83. The summed E-state index contributed by atoms with van der Waals surface area (Å²) in [5.74, 6) is -0.740. The first kappa shape index (κ1) is 16.4. The van der Waals surface area contributed by atoms with Crippen molar-refractivity contribution in [2.75, 3.05) is 14.2 Å². The Bertz CT molecular complexity index is 755. The largest absolute Gasteiger partial charge is 0.497 e. The first-order valence-electron chi connectivity index (χ1n) is 8.31. The topological polar surface area (TPSA) is 71.1 Å². The molecule has 0 aliphatic carbocycles. The number of hydrogen-bond donors (Lipinski definition) is 0. The van der Waals surface area contributed by atoms with Crippen molar-refractivity contribution < 1.29 is 28.5 Å². The van der Waals surface area contributed by atoms with Gasteiger partial charge < -0.3 is 18.9 Å². The summed E-state index contributed by atoms with van der Waals surface area (Å²) in [6.45, 7) is 0. The molecule has 0 saturated carbocycles. The zero-order chi connectivity index (χ0) is 18.3. The number of cyclic esters (lactones) is 2. The molecule has 2 unspecified atom stereocenters. The van der Waals surface area contributed by atoms with Crippen LogP contribution in [0.3, 0.4) is 0 Å². The van der Waals surface area contributed by atoms with E-state index in [1.54, 1.807) is 62.8 Å². The van der Waals surface area contributed by atoms with Crippen molar-refractivity contribution in [1.82, 2.24) is 0 Å². The molecule has 26 heavy (non-hydrogen) atoms. The van der Waals surface area contributed by atoms with Gasteiger partial charge in [0.05, 0.1) is 14.2 Å². The Morgan fingerprint density at radius 3 is 1.31 bits per heavy atom. The Kier molecular flexibility index (Phi) is 4.03. The first-order valence-corrected chi connectivity index (χ1v) is 8.31. The third-order valence-corrected chi connectivity index (χ3v) is 4.96. The first-order chi connectivity index (χ1) is 12.6. The molecule has 2 aliphatic rings. The lowest BCUT2D eigenvalue weighted by molar-refractivity contribution is -0.154. The van der Waals surface area contributed by atoms with E-state index in [0.29, 0.717) is 11.5 Å². The molecule has 0 amide bonds. The second-order valence-electron chi connectivity index (χ2n) is 6.31. The van der Waals surface area contributed by atoms with E-state index < -0.39 is 36.0 Å². The molecule has 134 valence electrons. The van der Waals surface area contributed by atoms with Crippen molar-refractivity contribution in [1.29, 1.82) is 0 Å². The van der Waals surface area contributed by atoms with Gasteiger partial charge in [-0.1, -0.05) is 24.3 Å². The highest BCUT2D eigenvalue weighted by Gasteiger charge is 2.59. The zero-order valence-electron chi connectivity index (χ0n) is 14.4. The normalized spacial score (nSPS) is 26.8. The summed E-state index contributed by atoms with van der Waals surface area (Å²) in [5, 5.41) is 0. The van der Waals surface area contributed by atoms with E-state index in [9.17, 15) is 9.59 Å². The molecule has 2 aromatic carbocycles. The molecule has 2 saturated heterocycles. The van der Waals surface area contributed by atoms with E-state index in [2.05, 4.69) is 0 Å². The molecule has 0 spiro atoms. The molecule has 4 atom stereocenters. The van der Waals surface area contributed by atoms with Crippen LogP contribution in [-0.2, 0) is 19.1 Å². The van der Waals surface area contributed by atoms with Crippen molar-refractivity contribution in [2.45, 2.75) is 12.2 Å². The van der Waals surface area contributed by atoms with Crippen molar-refractivity contribution >= 4 is 11.9 Å². The summed E-state index contributed by atoms with van der Waals surface area (Å²) in [4.78, 5) is 25.0. The molecule has 6 nitrogen and oxygen atoms in total. The maximum absolute atomic E-state index is 12.5. The van der Waals surface area contributed by atoms with E-state index in [1.165, 1.54) is 0 Å². The maximum Gasteiger partial charge on any atom is 0.314 e. The molecular formula is C20H18O6. The van der Waals surface area contributed by atoms with Crippen LogP contribution in [-0.4, -0.2) is 26.2 Å². The zero-order valence-corrected chi connectivity index (χ0v) is 14.4. The predicted molar refractivity (Wildman–Crippen MR) is 90.6 cm³/mol. The van der Waals surface area contributed by atoms with E-state index >= 15 is 0 Å². The van der Waals surface area contributed by atoms with Gasteiger partial charge in [0.25, 0.3) is 0 Å². The van der Waals surface area contributed by atoms with Gasteiger partial charge in [0.1, 0.15) is 35.5 Å². The molecule has 2 aromatic rings. The van der Waals surface area contributed by atoms with Crippen LogP contribution < -0.4 is 9.47 Å². The highest BCUT2D eigenvalue weighted by atomic mass is 16.6. The van der Waals surface area contributed by atoms with Crippen molar-refractivity contribution in [3.05, 3.63) is 59.7 Å². The van der Waals surface area contributed by atoms with Gasteiger partial charge in [-0.3, -0.25) is 9.59 Å². The van der Waals surface area contributed by atoms with E-state index in [0.717, 1.165) is 11.1 Å². The minimum absolute atomic E-state index is 0.414. The van der Waals surface area contributed by atoms with Crippen LogP contribution in [0.15, 0.2) is 48.5 Å². The molecular weight excluding hydrogens is 336 g/mol. The number of ether oxygens (including phenoxy) is 4. The van der Waals surface area contributed by atoms with Crippen molar-refractivity contribution in [2.24, 2.45) is 11.8 Å². The van der Waals surface area contributed by atoms with Gasteiger partial charge in [-0.15, -0.1) is 0 Å². The average Bonchev–Trinajstić information content (AvgIpc) is 3.21. The standard InChI is InChI=1S/C20H18O6/c1-23-13-7-3-11(4-8-13)17-15-16(20(22)25-17)18(26-19(15)21)12-5-9-14(24-2)10-6-12/h3-10,15-18H,1-2H3/t15?,16?,17-,18-/m1/s1. The molecule has 0 bridgehead atoms. The fourth-order valence-electron chi connectivity index (χ4n) is 3.61. The van der Waals surface area contributed by atoms with Crippen molar-refractivity contribution in [3.63, 3.8) is 0 Å². The molecule has 6 heteroatoms. The summed E-state index contributed by atoms with van der Waals surface area (Å²) < 4.78 is 21.4. The summed E-state index contributed by atoms with van der Waals surface area (Å²) in [5.41, 5.74) is 1.50. The van der Waals surface area contributed by atoms with E-state index in [1.807, 2.05) is 0 Å². The van der Waals surface area contributed by atoms with Crippen LogP contribution >= 0.6 is 0 Å². The van der Waals surface area contributed by atoms with Crippen LogP contribution in [0.4, 0.5) is 0 Å². The fraction of sp³-hybridized carbons (Fsp3) is 0.300. The second-order valence-corrected chi connectivity index (χ2v) is 6.31. The summed E-state index contributed by atoms with van der Waals surface area (Å²) >= 11 is 0. The summed E-state index contributed by atoms with van der Waals surface area (Å²) in [7, 11) is 3.16. The van der Waals surface area contributed by atoms with Crippen molar-refractivity contribution in [3.8, 4) is 11.5 Å². The quantitative estimate of drug-likeness (QED) is 0.787. The van der Waals surface area contributed by atoms with Gasteiger partial charge in [-0.25, -0.2) is 0 Å². The smallest absolute Gasteiger partial charge is 0.314 e. The van der Waals surface area contributed by atoms with Gasteiger partial charge in [-0.05, 0) is 35.4 Å². The van der Waals surface area contributed by atoms with Gasteiger partial charge in [0, 0.05) is 0 Å². The Hall–Kier alpha value is -3.02. The summed E-state index contributed by atoms with van der Waals surface area (Å²) in [6.07, 6.45) is -1.29. The lowest BCUT2D eigenvalue weighted by Gasteiger charge is -2.15. The minimum atomic E-state index is -0.650. The number of esters is 2. The number of carbonyl (C=O) groups is 2. The molecule has 0 radical (unpaired) electrons. The minimum Gasteiger partial charge on any atom is -0.497 e. The lowest BCUT2D eigenvalue weighted by Crippen LogP contribution is -2.19. The monoisotopic (exact) mass is 354 g/mol. The van der Waals surface area contributed by atoms with Crippen LogP contribution in [0.2, 0.25) is 0 Å². The maximum atomic E-state index is 12.5. The third kappa shape index (κ3) is 2.58. The van der Waals surface area contributed by atoms with Gasteiger partial charge >= 0.3 is 11.9 Å². The molecule has 4 rings (SSSR count). The number of methoxy groups -OCH3 is 2. The summed E-state index contributed by atoms with van der Waals surface area (Å²) in [6, 6.07) is 14.3. The number of carbonyl (C=O) groups excluding carboxylic acids is 2. The van der Waals surface area contributed by atoms with Gasteiger partial charge in [0.15, 0.2) is 0 Å². The molecule has 0 aromatic heterocycles. The number of fused-ring (bicyclic) bond motifs is 1. The Balaban J connectivity index is 1.63. The van der Waals surface area contributed by atoms with E-state index in [-0.39, 0.29) is 0 Å². The number of hydrogen-bond acceptors (Lipinski definition) is 6. The SMILES string of the molecule is COc1ccc([C@H]2OC(=O)C3C2C(=O)O[C@@H]3c2ccc(OC)cc2)cc1. The molecule has 2 aliphatic heterocycles. The Morgan fingerprint density at radius 2 is 1.00 bits per heavy atom. The van der Waals surface area contributed by atoms with Gasteiger partial charge in [0.2, 0.25) is 0 Å². The van der Waals surface area contributed by atoms with Crippen LogP contribution in [0, 0.1) is 11.8 Å². The number of rotatable bonds is 4. The Labute approximate surface area is 150 Å². The number of benzene rings is 2.